The molecule has 0 amide bonds. The Hall–Kier alpha value is -1.13. The van der Waals surface area contributed by atoms with Crippen molar-refractivity contribution in [1.82, 2.24) is 15.2 Å². The first-order chi connectivity index (χ1) is 9.79. The second-order valence-corrected chi connectivity index (χ2v) is 6.06. The van der Waals surface area contributed by atoms with Gasteiger partial charge in [-0.2, -0.15) is 0 Å². The van der Waals surface area contributed by atoms with Crippen molar-refractivity contribution in [3.05, 3.63) is 23.9 Å². The third kappa shape index (κ3) is 2.67. The van der Waals surface area contributed by atoms with E-state index in [0.29, 0.717) is 6.04 Å². The molecule has 2 aliphatic heterocycles. The number of rotatable bonds is 3. The van der Waals surface area contributed by atoms with E-state index in [1.54, 1.807) is 0 Å². The second-order valence-electron chi connectivity index (χ2n) is 6.06. The SMILES string of the molecule is CNC(C)c1cccnc1N1CCN2CCCCC2C1. The van der Waals surface area contributed by atoms with Crippen LogP contribution in [-0.4, -0.2) is 49.2 Å². The molecule has 0 aliphatic carbocycles. The summed E-state index contributed by atoms with van der Waals surface area (Å²) in [5.74, 6) is 1.18. The minimum absolute atomic E-state index is 0.350. The molecule has 1 N–H and O–H groups in total. The Morgan fingerprint density at radius 3 is 3.05 bits per heavy atom. The summed E-state index contributed by atoms with van der Waals surface area (Å²) < 4.78 is 0. The average molecular weight is 274 g/mol. The molecule has 20 heavy (non-hydrogen) atoms. The van der Waals surface area contributed by atoms with Crippen molar-refractivity contribution in [3.8, 4) is 0 Å². The van der Waals surface area contributed by atoms with E-state index in [1.807, 2.05) is 19.3 Å². The zero-order chi connectivity index (χ0) is 13.9. The Balaban J connectivity index is 1.79. The molecule has 1 aromatic heterocycles. The lowest BCUT2D eigenvalue weighted by Crippen LogP contribution is -2.55. The zero-order valence-electron chi connectivity index (χ0n) is 12.7. The number of nitrogens with one attached hydrogen (secondary N) is 1. The van der Waals surface area contributed by atoms with Gasteiger partial charge in [0, 0.05) is 43.5 Å². The van der Waals surface area contributed by atoms with E-state index in [2.05, 4.69) is 33.1 Å². The van der Waals surface area contributed by atoms with Crippen LogP contribution in [0.1, 0.15) is 37.8 Å². The third-order valence-corrected chi connectivity index (χ3v) is 4.85. The van der Waals surface area contributed by atoms with Crippen LogP contribution in [0.4, 0.5) is 5.82 Å². The molecule has 3 heterocycles. The fourth-order valence-corrected chi connectivity index (χ4v) is 3.52. The van der Waals surface area contributed by atoms with Crippen molar-refractivity contribution < 1.29 is 0 Å². The highest BCUT2D eigenvalue weighted by Crippen LogP contribution is 2.28. The van der Waals surface area contributed by atoms with Crippen LogP contribution in [-0.2, 0) is 0 Å². The summed E-state index contributed by atoms with van der Waals surface area (Å²) in [6.07, 6.45) is 6.04. The van der Waals surface area contributed by atoms with Crippen LogP contribution >= 0.6 is 0 Å². The summed E-state index contributed by atoms with van der Waals surface area (Å²) >= 11 is 0. The van der Waals surface area contributed by atoms with Gasteiger partial charge in [0.2, 0.25) is 0 Å². The minimum atomic E-state index is 0.350. The molecule has 4 heteroatoms. The van der Waals surface area contributed by atoms with E-state index in [0.717, 1.165) is 19.1 Å². The highest BCUT2D eigenvalue weighted by molar-refractivity contribution is 5.49. The first-order valence-electron chi connectivity index (χ1n) is 7.91. The Morgan fingerprint density at radius 1 is 1.30 bits per heavy atom. The summed E-state index contributed by atoms with van der Waals surface area (Å²) in [5, 5.41) is 3.34. The maximum atomic E-state index is 4.68. The number of hydrogen-bond donors (Lipinski definition) is 1. The monoisotopic (exact) mass is 274 g/mol. The van der Waals surface area contributed by atoms with Crippen LogP contribution in [0.15, 0.2) is 18.3 Å². The van der Waals surface area contributed by atoms with Crippen molar-refractivity contribution >= 4 is 5.82 Å². The fourth-order valence-electron chi connectivity index (χ4n) is 3.52. The highest BCUT2D eigenvalue weighted by Gasteiger charge is 2.30. The van der Waals surface area contributed by atoms with Crippen molar-refractivity contribution in [2.24, 2.45) is 0 Å². The van der Waals surface area contributed by atoms with Gasteiger partial charge in [-0.05, 0) is 39.4 Å². The molecule has 0 aromatic carbocycles. The lowest BCUT2D eigenvalue weighted by atomic mass is 9.99. The molecule has 2 fully saturated rings. The number of piperidine rings is 1. The maximum Gasteiger partial charge on any atom is 0.133 e. The molecule has 1 aromatic rings. The maximum absolute atomic E-state index is 4.68. The number of piperazine rings is 1. The molecule has 2 aliphatic rings. The smallest absolute Gasteiger partial charge is 0.133 e. The van der Waals surface area contributed by atoms with Crippen molar-refractivity contribution in [2.75, 3.05) is 38.1 Å². The molecular weight excluding hydrogens is 248 g/mol. The van der Waals surface area contributed by atoms with E-state index in [1.165, 1.54) is 43.7 Å². The molecule has 2 unspecified atom stereocenters. The van der Waals surface area contributed by atoms with Gasteiger partial charge in [-0.3, -0.25) is 4.90 Å². The van der Waals surface area contributed by atoms with Crippen molar-refractivity contribution in [2.45, 2.75) is 38.3 Å². The number of fused-ring (bicyclic) bond motifs is 1. The number of anilines is 1. The largest absolute Gasteiger partial charge is 0.353 e. The predicted octanol–water partition coefficient (Wildman–Crippen LogP) is 2.04. The van der Waals surface area contributed by atoms with Crippen LogP contribution in [0.2, 0.25) is 0 Å². The highest BCUT2D eigenvalue weighted by atomic mass is 15.3. The first-order valence-corrected chi connectivity index (χ1v) is 7.91. The summed E-state index contributed by atoms with van der Waals surface area (Å²) in [5.41, 5.74) is 1.32. The Bertz CT molecular complexity index is 448. The molecule has 2 atom stereocenters. The van der Waals surface area contributed by atoms with Gasteiger partial charge in [0.1, 0.15) is 5.82 Å². The van der Waals surface area contributed by atoms with E-state index < -0.39 is 0 Å². The van der Waals surface area contributed by atoms with Gasteiger partial charge in [0.15, 0.2) is 0 Å². The molecule has 0 spiro atoms. The zero-order valence-corrected chi connectivity index (χ0v) is 12.7. The molecular formula is C16H26N4. The average Bonchev–Trinajstić information content (AvgIpc) is 2.53. The number of pyridine rings is 1. The van der Waals surface area contributed by atoms with Crippen LogP contribution < -0.4 is 10.2 Å². The van der Waals surface area contributed by atoms with Gasteiger partial charge in [-0.25, -0.2) is 4.98 Å². The predicted molar refractivity (Wildman–Crippen MR) is 83.1 cm³/mol. The molecule has 110 valence electrons. The number of nitrogens with zero attached hydrogens (tertiary/aromatic N) is 3. The molecule has 0 bridgehead atoms. The van der Waals surface area contributed by atoms with Gasteiger partial charge >= 0.3 is 0 Å². The summed E-state index contributed by atoms with van der Waals surface area (Å²) in [4.78, 5) is 9.84. The van der Waals surface area contributed by atoms with Crippen LogP contribution in [0.5, 0.6) is 0 Å². The quantitative estimate of drug-likeness (QED) is 0.914. The topological polar surface area (TPSA) is 31.4 Å². The lowest BCUT2D eigenvalue weighted by molar-refractivity contribution is 0.133. The first kappa shape index (κ1) is 13.8. The Labute approximate surface area is 122 Å². The molecule has 4 nitrogen and oxygen atoms in total. The van der Waals surface area contributed by atoms with Crippen LogP contribution in [0, 0.1) is 0 Å². The van der Waals surface area contributed by atoms with Gasteiger partial charge in [-0.15, -0.1) is 0 Å². The van der Waals surface area contributed by atoms with Crippen LogP contribution in [0.25, 0.3) is 0 Å². The van der Waals surface area contributed by atoms with E-state index in [4.69, 9.17) is 0 Å². The van der Waals surface area contributed by atoms with Gasteiger partial charge in [-0.1, -0.05) is 12.5 Å². The van der Waals surface area contributed by atoms with E-state index >= 15 is 0 Å². The van der Waals surface area contributed by atoms with Gasteiger partial charge < -0.3 is 10.2 Å². The Kier molecular flexibility index (Phi) is 4.22. The lowest BCUT2D eigenvalue weighted by Gasteiger charge is -2.45. The number of hydrogen-bond acceptors (Lipinski definition) is 4. The normalized spacial score (nSPS) is 25.3. The molecule has 0 radical (unpaired) electrons. The van der Waals surface area contributed by atoms with Crippen molar-refractivity contribution in [3.63, 3.8) is 0 Å². The molecule has 3 rings (SSSR count). The third-order valence-electron chi connectivity index (χ3n) is 4.85. The fraction of sp³-hybridized carbons (Fsp3) is 0.688. The van der Waals surface area contributed by atoms with Crippen LogP contribution in [0.3, 0.4) is 0 Å². The minimum Gasteiger partial charge on any atom is -0.353 e. The van der Waals surface area contributed by atoms with Crippen molar-refractivity contribution in [1.29, 1.82) is 0 Å². The van der Waals surface area contributed by atoms with E-state index in [-0.39, 0.29) is 0 Å². The summed E-state index contributed by atoms with van der Waals surface area (Å²) in [7, 11) is 2.01. The number of aromatic nitrogens is 1. The second kappa shape index (κ2) is 6.10. The van der Waals surface area contributed by atoms with E-state index in [9.17, 15) is 0 Å². The van der Waals surface area contributed by atoms with Gasteiger partial charge in [0.25, 0.3) is 0 Å². The molecule has 2 saturated heterocycles. The molecule has 0 saturated carbocycles. The standard InChI is InChI=1S/C16H26N4/c1-13(17-2)15-7-5-8-18-16(15)20-11-10-19-9-4-3-6-14(19)12-20/h5,7-8,13-14,17H,3-4,6,9-12H2,1-2H3. The van der Waals surface area contributed by atoms with Gasteiger partial charge in [0.05, 0.1) is 0 Å². The summed E-state index contributed by atoms with van der Waals surface area (Å²) in [6.45, 7) is 6.93. The summed E-state index contributed by atoms with van der Waals surface area (Å²) in [6, 6.07) is 5.33. The Morgan fingerprint density at radius 2 is 2.20 bits per heavy atom.